The molecule has 0 N–H and O–H groups in total. The Morgan fingerprint density at radius 3 is 2.82 bits per heavy atom. The summed E-state index contributed by atoms with van der Waals surface area (Å²) in [6.07, 6.45) is 2.25. The van der Waals surface area contributed by atoms with Crippen LogP contribution in [0.3, 0.4) is 0 Å². The first-order valence-corrected chi connectivity index (χ1v) is 3.73. The van der Waals surface area contributed by atoms with Gasteiger partial charge in [0.25, 0.3) is 0 Å². The molecule has 0 aliphatic carbocycles. The molecule has 0 saturated heterocycles. The van der Waals surface area contributed by atoms with E-state index in [-0.39, 0.29) is 5.97 Å². The number of hydrogen-bond acceptors (Lipinski definition) is 2. The van der Waals surface area contributed by atoms with Crippen molar-refractivity contribution in [1.82, 2.24) is 0 Å². The van der Waals surface area contributed by atoms with Crippen LogP contribution in [0.25, 0.3) is 0 Å². The summed E-state index contributed by atoms with van der Waals surface area (Å²) >= 11 is 5.65. The fraction of sp³-hybridized carbons (Fsp3) is 0.500. The minimum atomic E-state index is -0.282. The Hall–Kier alpha value is -0.720. The highest BCUT2D eigenvalue weighted by Crippen LogP contribution is 2.04. The monoisotopic (exact) mass is 174 g/mol. The third-order valence-electron chi connectivity index (χ3n) is 0.928. The summed E-state index contributed by atoms with van der Waals surface area (Å²) < 4.78 is 4.66. The van der Waals surface area contributed by atoms with E-state index in [1.165, 1.54) is 6.92 Å². The average molecular weight is 175 g/mol. The number of ether oxygens (including phenoxy) is 1. The SMILES string of the molecule is CC=C=C(Cl)CCOC(C)=O. The van der Waals surface area contributed by atoms with Crippen LogP contribution in [0.15, 0.2) is 16.8 Å². The molecule has 0 aromatic heterocycles. The first-order valence-electron chi connectivity index (χ1n) is 3.36. The molecule has 0 unspecified atom stereocenters. The molecule has 0 radical (unpaired) electrons. The molecule has 62 valence electrons. The summed E-state index contributed by atoms with van der Waals surface area (Å²) in [4.78, 5) is 10.3. The van der Waals surface area contributed by atoms with Crippen LogP contribution in [-0.4, -0.2) is 12.6 Å². The maximum absolute atomic E-state index is 10.3. The van der Waals surface area contributed by atoms with Crippen LogP contribution in [0.1, 0.15) is 20.3 Å². The lowest BCUT2D eigenvalue weighted by Gasteiger charge is -1.97. The molecule has 0 atom stereocenters. The molecule has 0 aliphatic heterocycles. The van der Waals surface area contributed by atoms with Crippen molar-refractivity contribution >= 4 is 17.6 Å². The molecule has 0 aliphatic rings. The number of esters is 1. The molecule has 0 fully saturated rings. The zero-order valence-corrected chi connectivity index (χ0v) is 7.44. The van der Waals surface area contributed by atoms with Crippen LogP contribution < -0.4 is 0 Å². The molecular weight excluding hydrogens is 164 g/mol. The number of rotatable bonds is 3. The van der Waals surface area contributed by atoms with Gasteiger partial charge in [-0.2, -0.15) is 0 Å². The summed E-state index contributed by atoms with van der Waals surface area (Å²) in [5, 5.41) is 0.578. The van der Waals surface area contributed by atoms with Crippen LogP contribution in [-0.2, 0) is 9.53 Å². The van der Waals surface area contributed by atoms with Gasteiger partial charge in [-0.3, -0.25) is 4.79 Å². The van der Waals surface area contributed by atoms with Crippen molar-refractivity contribution in [3.05, 3.63) is 16.8 Å². The molecule has 0 aromatic carbocycles. The summed E-state index contributed by atoms with van der Waals surface area (Å²) in [6, 6.07) is 0. The van der Waals surface area contributed by atoms with Gasteiger partial charge in [0.1, 0.15) is 0 Å². The Bertz CT molecular complexity index is 190. The van der Waals surface area contributed by atoms with E-state index in [9.17, 15) is 4.79 Å². The van der Waals surface area contributed by atoms with Gasteiger partial charge in [-0.1, -0.05) is 11.6 Å². The van der Waals surface area contributed by atoms with Crippen molar-refractivity contribution in [2.75, 3.05) is 6.61 Å². The summed E-state index contributed by atoms with van der Waals surface area (Å²) in [5.41, 5.74) is 2.79. The highest BCUT2D eigenvalue weighted by Gasteiger charge is 1.93. The van der Waals surface area contributed by atoms with E-state index < -0.39 is 0 Å². The lowest BCUT2D eigenvalue weighted by Crippen LogP contribution is -1.99. The Labute approximate surface area is 71.5 Å². The van der Waals surface area contributed by atoms with E-state index >= 15 is 0 Å². The second-order valence-corrected chi connectivity index (χ2v) is 2.38. The van der Waals surface area contributed by atoms with Gasteiger partial charge in [0.05, 0.1) is 11.6 Å². The van der Waals surface area contributed by atoms with Crippen molar-refractivity contribution in [2.45, 2.75) is 20.3 Å². The lowest BCUT2D eigenvalue weighted by molar-refractivity contribution is -0.140. The number of carbonyl (C=O) groups excluding carboxylic acids is 1. The van der Waals surface area contributed by atoms with Gasteiger partial charge >= 0.3 is 5.97 Å². The van der Waals surface area contributed by atoms with Gasteiger partial charge in [-0.25, -0.2) is 0 Å². The summed E-state index contributed by atoms with van der Waals surface area (Å²) in [7, 11) is 0. The molecule has 0 spiro atoms. The Kier molecular flexibility index (Phi) is 5.63. The molecule has 0 heterocycles. The van der Waals surface area contributed by atoms with E-state index in [1.807, 2.05) is 6.92 Å². The Morgan fingerprint density at radius 2 is 2.36 bits per heavy atom. The van der Waals surface area contributed by atoms with Gasteiger partial charge < -0.3 is 4.74 Å². The van der Waals surface area contributed by atoms with Crippen molar-refractivity contribution < 1.29 is 9.53 Å². The van der Waals surface area contributed by atoms with Crippen molar-refractivity contribution in [1.29, 1.82) is 0 Å². The largest absolute Gasteiger partial charge is 0.465 e. The first kappa shape index (κ1) is 10.3. The molecule has 0 bridgehead atoms. The molecule has 0 rings (SSSR count). The zero-order valence-electron chi connectivity index (χ0n) is 6.69. The highest BCUT2D eigenvalue weighted by molar-refractivity contribution is 6.29. The van der Waals surface area contributed by atoms with Gasteiger partial charge in [0.2, 0.25) is 0 Å². The highest BCUT2D eigenvalue weighted by atomic mass is 35.5. The second-order valence-electron chi connectivity index (χ2n) is 1.93. The third kappa shape index (κ3) is 7.17. The van der Waals surface area contributed by atoms with Crippen LogP contribution in [0, 0.1) is 0 Å². The fourth-order valence-corrected chi connectivity index (χ4v) is 0.699. The van der Waals surface area contributed by atoms with Crippen LogP contribution in [0.4, 0.5) is 0 Å². The maximum atomic E-state index is 10.3. The molecule has 2 nitrogen and oxygen atoms in total. The Morgan fingerprint density at radius 1 is 1.73 bits per heavy atom. The quantitative estimate of drug-likeness (QED) is 0.485. The van der Waals surface area contributed by atoms with Gasteiger partial charge in [-0.15, -0.1) is 5.73 Å². The summed E-state index contributed by atoms with van der Waals surface area (Å²) in [5.74, 6) is -0.282. The minimum Gasteiger partial charge on any atom is -0.465 e. The van der Waals surface area contributed by atoms with E-state index in [0.717, 1.165) is 0 Å². The number of halogens is 1. The van der Waals surface area contributed by atoms with Crippen LogP contribution in [0.5, 0.6) is 0 Å². The van der Waals surface area contributed by atoms with Crippen molar-refractivity contribution in [3.63, 3.8) is 0 Å². The van der Waals surface area contributed by atoms with Gasteiger partial charge in [-0.05, 0) is 13.0 Å². The van der Waals surface area contributed by atoms with E-state index in [4.69, 9.17) is 11.6 Å². The molecule has 11 heavy (non-hydrogen) atoms. The zero-order chi connectivity index (χ0) is 8.69. The summed E-state index contributed by atoms with van der Waals surface area (Å²) in [6.45, 7) is 3.52. The van der Waals surface area contributed by atoms with E-state index in [1.54, 1.807) is 6.08 Å². The van der Waals surface area contributed by atoms with Gasteiger partial charge in [0, 0.05) is 13.3 Å². The topological polar surface area (TPSA) is 26.3 Å². The molecule has 3 heteroatoms. The smallest absolute Gasteiger partial charge is 0.302 e. The van der Waals surface area contributed by atoms with Crippen LogP contribution >= 0.6 is 11.6 Å². The van der Waals surface area contributed by atoms with Crippen LogP contribution in [0.2, 0.25) is 0 Å². The van der Waals surface area contributed by atoms with E-state index in [0.29, 0.717) is 18.1 Å². The maximum Gasteiger partial charge on any atom is 0.302 e. The molecule has 0 amide bonds. The van der Waals surface area contributed by atoms with Crippen molar-refractivity contribution in [3.8, 4) is 0 Å². The number of hydrogen-bond donors (Lipinski definition) is 0. The predicted molar refractivity (Wildman–Crippen MR) is 44.4 cm³/mol. The van der Waals surface area contributed by atoms with Crippen molar-refractivity contribution in [2.24, 2.45) is 0 Å². The lowest BCUT2D eigenvalue weighted by atomic mass is 10.4. The standard InChI is InChI=1S/C8H11ClO2/c1-3-4-8(9)5-6-11-7(2)10/h3H,5-6H2,1-2H3. The van der Waals surface area contributed by atoms with Gasteiger partial charge in [0.15, 0.2) is 0 Å². The van der Waals surface area contributed by atoms with E-state index in [2.05, 4.69) is 10.5 Å². The third-order valence-corrected chi connectivity index (χ3v) is 1.23. The molecule has 0 saturated carbocycles. The first-order chi connectivity index (χ1) is 5.16. The fourth-order valence-electron chi connectivity index (χ4n) is 0.513. The average Bonchev–Trinajstić information content (AvgIpc) is 1.87. The normalized spacial score (nSPS) is 8.27. The predicted octanol–water partition coefficient (Wildman–Crippen LogP) is 2.24. The molecular formula is C8H11ClO2. The second kappa shape index (κ2) is 6.02. The number of carbonyl (C=O) groups is 1. The molecule has 0 aromatic rings. The Balaban J connectivity index is 3.55. The minimum absolute atomic E-state index is 0.282.